The molecule has 0 unspecified atom stereocenters. The normalized spacial score (nSPS) is 12.6. The van der Waals surface area contributed by atoms with Gasteiger partial charge in [-0.3, -0.25) is 4.79 Å². The van der Waals surface area contributed by atoms with Crippen molar-refractivity contribution in [1.29, 1.82) is 0 Å². The molecule has 0 aromatic heterocycles. The highest BCUT2D eigenvalue weighted by Crippen LogP contribution is 2.23. The Kier molecular flexibility index (Phi) is 3.88. The minimum atomic E-state index is -0.110. The van der Waals surface area contributed by atoms with Gasteiger partial charge in [-0.05, 0) is 48.2 Å². The molecule has 1 aliphatic heterocycles. The van der Waals surface area contributed by atoms with E-state index in [2.05, 4.69) is 10.6 Å². The van der Waals surface area contributed by atoms with Crippen LogP contribution in [0.4, 0.5) is 11.4 Å². The monoisotopic (exact) mass is 282 g/mol. The molecule has 1 heterocycles. The molecule has 1 aliphatic rings. The third kappa shape index (κ3) is 3.06. The van der Waals surface area contributed by atoms with Gasteiger partial charge >= 0.3 is 0 Å². The van der Waals surface area contributed by atoms with Gasteiger partial charge in [-0.15, -0.1) is 0 Å². The van der Waals surface area contributed by atoms with Crippen LogP contribution in [0, 0.1) is 0 Å². The number of aliphatic hydroxyl groups excluding tert-OH is 1. The number of hydrogen-bond donors (Lipinski definition) is 3. The first-order valence-electron chi connectivity index (χ1n) is 7.14. The molecule has 3 N–H and O–H groups in total. The Morgan fingerprint density at radius 1 is 1.19 bits per heavy atom. The molecular formula is C17H18N2O2. The molecule has 0 bridgehead atoms. The molecule has 108 valence electrons. The van der Waals surface area contributed by atoms with Crippen molar-refractivity contribution < 1.29 is 9.90 Å². The highest BCUT2D eigenvalue weighted by Gasteiger charge is 2.13. The lowest BCUT2D eigenvalue weighted by Crippen LogP contribution is -2.12. The molecule has 0 radical (unpaired) electrons. The van der Waals surface area contributed by atoms with Crippen LogP contribution in [-0.4, -0.2) is 24.2 Å². The summed E-state index contributed by atoms with van der Waals surface area (Å²) >= 11 is 0. The van der Waals surface area contributed by atoms with Crippen LogP contribution in [0.2, 0.25) is 0 Å². The van der Waals surface area contributed by atoms with Crippen LogP contribution in [0.1, 0.15) is 21.5 Å². The van der Waals surface area contributed by atoms with E-state index < -0.39 is 0 Å². The highest BCUT2D eigenvalue weighted by atomic mass is 16.2. The Labute approximate surface area is 123 Å². The van der Waals surface area contributed by atoms with Crippen LogP contribution >= 0.6 is 0 Å². The molecule has 0 saturated heterocycles. The van der Waals surface area contributed by atoms with Gasteiger partial charge in [0.1, 0.15) is 0 Å². The van der Waals surface area contributed by atoms with E-state index in [1.54, 1.807) is 0 Å². The number of aliphatic hydroxyl groups is 1. The van der Waals surface area contributed by atoms with Crippen molar-refractivity contribution in [1.82, 2.24) is 0 Å². The van der Waals surface area contributed by atoms with E-state index in [1.807, 2.05) is 42.5 Å². The molecule has 21 heavy (non-hydrogen) atoms. The van der Waals surface area contributed by atoms with E-state index in [1.165, 1.54) is 5.56 Å². The van der Waals surface area contributed by atoms with Gasteiger partial charge in [-0.25, -0.2) is 0 Å². The Bertz CT molecular complexity index is 650. The summed E-state index contributed by atoms with van der Waals surface area (Å²) in [5.41, 5.74) is 4.79. The van der Waals surface area contributed by atoms with E-state index >= 15 is 0 Å². The Balaban J connectivity index is 1.71. The predicted octanol–water partition coefficient (Wildman–Crippen LogP) is 2.44. The molecule has 3 rings (SSSR count). The molecular weight excluding hydrogens is 264 g/mol. The molecule has 2 aromatic rings. The quantitative estimate of drug-likeness (QED) is 0.807. The van der Waals surface area contributed by atoms with Crippen LogP contribution in [0.15, 0.2) is 42.5 Å². The number of fused-ring (bicyclic) bond motifs is 1. The van der Waals surface area contributed by atoms with Crippen molar-refractivity contribution in [3.63, 3.8) is 0 Å². The summed E-state index contributed by atoms with van der Waals surface area (Å²) in [6, 6.07) is 13.3. The number of benzene rings is 2. The van der Waals surface area contributed by atoms with Gasteiger partial charge in [0.2, 0.25) is 0 Å². The largest absolute Gasteiger partial charge is 0.396 e. The molecule has 0 aliphatic carbocycles. The van der Waals surface area contributed by atoms with Crippen LogP contribution in [0.3, 0.4) is 0 Å². The van der Waals surface area contributed by atoms with Gasteiger partial charge in [-0.2, -0.15) is 0 Å². The summed E-state index contributed by atoms with van der Waals surface area (Å²) in [4.78, 5) is 12.2. The van der Waals surface area contributed by atoms with Gasteiger partial charge < -0.3 is 15.7 Å². The predicted molar refractivity (Wildman–Crippen MR) is 83.8 cm³/mol. The lowest BCUT2D eigenvalue weighted by atomic mass is 10.1. The fourth-order valence-corrected chi connectivity index (χ4v) is 2.52. The maximum absolute atomic E-state index is 12.2. The summed E-state index contributed by atoms with van der Waals surface area (Å²) in [6.07, 6.45) is 1.65. The molecule has 0 atom stereocenters. The second kappa shape index (κ2) is 5.97. The SMILES string of the molecule is O=C(Nc1ccc(CCO)cc1)c1ccc2c(c1)NCC2. The Morgan fingerprint density at radius 2 is 2.00 bits per heavy atom. The van der Waals surface area contributed by atoms with Crippen LogP contribution in [0.25, 0.3) is 0 Å². The van der Waals surface area contributed by atoms with Gasteiger partial charge in [0.25, 0.3) is 5.91 Å². The van der Waals surface area contributed by atoms with Gasteiger partial charge in [0.15, 0.2) is 0 Å². The maximum atomic E-state index is 12.2. The standard InChI is InChI=1S/C17H18N2O2/c20-10-8-12-1-5-15(6-2-12)19-17(21)14-4-3-13-7-9-18-16(13)11-14/h1-6,11,18,20H,7-10H2,(H,19,21). The summed E-state index contributed by atoms with van der Waals surface area (Å²) in [6.45, 7) is 1.07. The summed E-state index contributed by atoms with van der Waals surface area (Å²) in [7, 11) is 0. The second-order valence-electron chi connectivity index (χ2n) is 5.17. The van der Waals surface area contributed by atoms with Crippen LogP contribution < -0.4 is 10.6 Å². The lowest BCUT2D eigenvalue weighted by Gasteiger charge is -2.08. The fourth-order valence-electron chi connectivity index (χ4n) is 2.52. The third-order valence-corrected chi connectivity index (χ3v) is 3.69. The van der Waals surface area contributed by atoms with Crippen molar-refractivity contribution in [3.8, 4) is 0 Å². The zero-order valence-corrected chi connectivity index (χ0v) is 11.7. The minimum absolute atomic E-state index is 0.110. The molecule has 2 aromatic carbocycles. The number of rotatable bonds is 4. The molecule has 4 nitrogen and oxygen atoms in total. The zero-order chi connectivity index (χ0) is 14.7. The molecule has 1 amide bonds. The van der Waals surface area contributed by atoms with E-state index in [0.717, 1.165) is 29.9 Å². The molecule has 4 heteroatoms. The van der Waals surface area contributed by atoms with E-state index in [-0.39, 0.29) is 12.5 Å². The third-order valence-electron chi connectivity index (χ3n) is 3.69. The van der Waals surface area contributed by atoms with Crippen molar-refractivity contribution >= 4 is 17.3 Å². The van der Waals surface area contributed by atoms with Crippen molar-refractivity contribution in [2.24, 2.45) is 0 Å². The average Bonchev–Trinajstić information content (AvgIpc) is 2.97. The zero-order valence-electron chi connectivity index (χ0n) is 11.7. The first-order chi connectivity index (χ1) is 10.3. The summed E-state index contributed by atoms with van der Waals surface area (Å²) in [5, 5.41) is 15.1. The molecule has 0 spiro atoms. The fraction of sp³-hybridized carbons (Fsp3) is 0.235. The first kappa shape index (κ1) is 13.6. The van der Waals surface area contributed by atoms with E-state index in [4.69, 9.17) is 5.11 Å². The lowest BCUT2D eigenvalue weighted by molar-refractivity contribution is 0.102. The summed E-state index contributed by atoms with van der Waals surface area (Å²) < 4.78 is 0. The number of hydrogen-bond acceptors (Lipinski definition) is 3. The highest BCUT2D eigenvalue weighted by molar-refractivity contribution is 6.05. The maximum Gasteiger partial charge on any atom is 0.255 e. The number of nitrogens with one attached hydrogen (secondary N) is 2. The van der Waals surface area contributed by atoms with Crippen molar-refractivity contribution in [2.75, 3.05) is 23.8 Å². The first-order valence-corrected chi connectivity index (χ1v) is 7.14. The molecule has 0 saturated carbocycles. The smallest absolute Gasteiger partial charge is 0.255 e. The van der Waals surface area contributed by atoms with E-state index in [0.29, 0.717) is 12.0 Å². The number of carbonyl (C=O) groups excluding carboxylic acids is 1. The molecule has 0 fully saturated rings. The Hall–Kier alpha value is -2.33. The van der Waals surface area contributed by atoms with Gasteiger partial charge in [0, 0.05) is 30.1 Å². The average molecular weight is 282 g/mol. The number of anilines is 2. The van der Waals surface area contributed by atoms with E-state index in [9.17, 15) is 4.79 Å². The van der Waals surface area contributed by atoms with Crippen molar-refractivity contribution in [3.05, 3.63) is 59.2 Å². The minimum Gasteiger partial charge on any atom is -0.396 e. The van der Waals surface area contributed by atoms with Gasteiger partial charge in [-0.1, -0.05) is 18.2 Å². The van der Waals surface area contributed by atoms with Crippen LogP contribution in [0.5, 0.6) is 0 Å². The van der Waals surface area contributed by atoms with Crippen LogP contribution in [-0.2, 0) is 12.8 Å². The number of carbonyl (C=O) groups is 1. The topological polar surface area (TPSA) is 61.4 Å². The second-order valence-corrected chi connectivity index (χ2v) is 5.17. The van der Waals surface area contributed by atoms with Crippen molar-refractivity contribution in [2.45, 2.75) is 12.8 Å². The van der Waals surface area contributed by atoms with Gasteiger partial charge in [0.05, 0.1) is 0 Å². The Morgan fingerprint density at radius 3 is 2.76 bits per heavy atom. The summed E-state index contributed by atoms with van der Waals surface area (Å²) in [5.74, 6) is -0.110. The number of amides is 1.